The van der Waals surface area contributed by atoms with Crippen LogP contribution in [0.2, 0.25) is 0 Å². The Bertz CT molecular complexity index is 1110. The van der Waals surface area contributed by atoms with Crippen molar-refractivity contribution >= 4 is 17.3 Å². The highest BCUT2D eigenvalue weighted by atomic mass is 16.7. The number of fused-ring (bicyclic) bond motifs is 1. The third kappa shape index (κ3) is 3.09. The first-order valence-corrected chi connectivity index (χ1v) is 9.73. The Balaban J connectivity index is 0.00000136. The predicted molar refractivity (Wildman–Crippen MR) is 117 cm³/mol. The first-order chi connectivity index (χ1) is 14.0. The van der Waals surface area contributed by atoms with Crippen LogP contribution in [0, 0.1) is 6.92 Å². The fourth-order valence-corrected chi connectivity index (χ4v) is 3.89. The molecule has 5 nitrogen and oxygen atoms in total. The molecule has 29 heavy (non-hydrogen) atoms. The minimum atomic E-state index is -0.493. The quantitative estimate of drug-likeness (QED) is 0.605. The van der Waals surface area contributed by atoms with Crippen LogP contribution in [0.5, 0.6) is 11.5 Å². The Hall–Kier alpha value is -3.47. The van der Waals surface area contributed by atoms with Crippen LogP contribution in [-0.4, -0.2) is 12.7 Å². The van der Waals surface area contributed by atoms with E-state index in [0.717, 1.165) is 52.2 Å². The van der Waals surface area contributed by atoms with Crippen LogP contribution in [0.4, 0.5) is 11.4 Å². The van der Waals surface area contributed by atoms with E-state index in [-0.39, 0.29) is 15.6 Å². The number of carbonyl (C=O) groups excluding carboxylic acids is 1. The number of carbonyl (C=O) groups is 1. The van der Waals surface area contributed by atoms with Crippen molar-refractivity contribution in [1.82, 2.24) is 0 Å². The second-order valence-corrected chi connectivity index (χ2v) is 7.76. The van der Waals surface area contributed by atoms with Crippen LogP contribution in [0.15, 0.2) is 60.7 Å². The van der Waals surface area contributed by atoms with Crippen molar-refractivity contribution in [2.45, 2.75) is 25.2 Å². The first-order valence-electron chi connectivity index (χ1n) is 9.73. The lowest BCUT2D eigenvalue weighted by Gasteiger charge is -2.17. The van der Waals surface area contributed by atoms with Crippen LogP contribution in [0.25, 0.3) is 11.1 Å². The number of aryl methyl sites for hydroxylation is 1. The molecule has 3 aromatic carbocycles. The maximum Gasteiger partial charge on any atom is 0.235 e. The third-order valence-electron chi connectivity index (χ3n) is 5.83. The zero-order chi connectivity index (χ0) is 20.0. The Kier molecular flexibility index (Phi) is 3.98. The SMILES string of the molecule is Cc1ccc(NC(=O)C2(c3ccc4c(c3)OCO4)CC2)cc1-c1ccc(N)cc1.[HH].[HH]. The molecule has 0 radical (unpaired) electrons. The monoisotopic (exact) mass is 390 g/mol. The summed E-state index contributed by atoms with van der Waals surface area (Å²) in [4.78, 5) is 13.2. The van der Waals surface area contributed by atoms with E-state index < -0.39 is 5.41 Å². The highest BCUT2D eigenvalue weighted by Gasteiger charge is 2.51. The number of rotatable bonds is 4. The fraction of sp³-hybridized carbons (Fsp3) is 0.208. The molecular weight excluding hydrogens is 364 g/mol. The van der Waals surface area contributed by atoms with Crippen molar-refractivity contribution in [3.63, 3.8) is 0 Å². The van der Waals surface area contributed by atoms with E-state index in [2.05, 4.69) is 12.2 Å². The van der Waals surface area contributed by atoms with Crippen LogP contribution in [0.1, 0.15) is 26.8 Å². The molecule has 0 unspecified atom stereocenters. The molecule has 0 spiro atoms. The molecule has 3 aromatic rings. The standard InChI is InChI=1S/C24H22N2O3.2H2/c1-15-2-8-19(13-20(15)16-3-6-18(25)7-4-16)26-23(27)24(10-11-24)17-5-9-21-22(12-17)29-14-28-21;;/h2-9,12-13H,10-11,14,25H2,1H3,(H,26,27);2*1H. The maximum atomic E-state index is 13.2. The van der Waals surface area contributed by atoms with Gasteiger partial charge in [-0.1, -0.05) is 24.3 Å². The number of nitrogen functional groups attached to an aromatic ring is 1. The molecule has 1 heterocycles. The van der Waals surface area contributed by atoms with Crippen LogP contribution in [-0.2, 0) is 10.2 Å². The fourth-order valence-electron chi connectivity index (χ4n) is 3.89. The van der Waals surface area contributed by atoms with Crippen molar-refractivity contribution in [2.75, 3.05) is 17.8 Å². The summed E-state index contributed by atoms with van der Waals surface area (Å²) in [5.74, 6) is 1.46. The minimum Gasteiger partial charge on any atom is -0.454 e. The number of nitrogens with two attached hydrogens (primary N) is 1. The van der Waals surface area contributed by atoms with Crippen molar-refractivity contribution in [1.29, 1.82) is 0 Å². The Morgan fingerprint density at radius 3 is 2.52 bits per heavy atom. The van der Waals surface area contributed by atoms with Crippen LogP contribution in [0.3, 0.4) is 0 Å². The van der Waals surface area contributed by atoms with Gasteiger partial charge in [0.2, 0.25) is 12.7 Å². The third-order valence-corrected chi connectivity index (χ3v) is 5.83. The number of ether oxygens (including phenoxy) is 2. The Morgan fingerprint density at radius 2 is 1.76 bits per heavy atom. The number of benzene rings is 3. The number of anilines is 2. The molecule has 2 aliphatic rings. The molecule has 1 fully saturated rings. The molecule has 1 amide bonds. The normalized spacial score (nSPS) is 15.8. The van der Waals surface area contributed by atoms with E-state index in [0.29, 0.717) is 5.75 Å². The Morgan fingerprint density at radius 1 is 1.00 bits per heavy atom. The van der Waals surface area contributed by atoms with Crippen LogP contribution < -0.4 is 20.5 Å². The largest absolute Gasteiger partial charge is 0.454 e. The van der Waals surface area contributed by atoms with E-state index >= 15 is 0 Å². The molecule has 0 aromatic heterocycles. The summed E-state index contributed by atoms with van der Waals surface area (Å²) in [6.07, 6.45) is 1.66. The van der Waals surface area contributed by atoms with E-state index in [4.69, 9.17) is 15.2 Å². The topological polar surface area (TPSA) is 73.6 Å². The van der Waals surface area contributed by atoms with E-state index in [1.807, 2.05) is 60.7 Å². The van der Waals surface area contributed by atoms with Crippen molar-refractivity contribution in [2.24, 2.45) is 0 Å². The zero-order valence-electron chi connectivity index (χ0n) is 16.2. The number of hydrogen-bond acceptors (Lipinski definition) is 4. The van der Waals surface area contributed by atoms with Gasteiger partial charge in [0.25, 0.3) is 0 Å². The average Bonchev–Trinajstić information content (AvgIpc) is 3.41. The van der Waals surface area contributed by atoms with Gasteiger partial charge >= 0.3 is 0 Å². The summed E-state index contributed by atoms with van der Waals surface area (Å²) in [5.41, 5.74) is 11.1. The van der Waals surface area contributed by atoms with Crippen molar-refractivity contribution in [3.8, 4) is 22.6 Å². The lowest BCUT2D eigenvalue weighted by atomic mass is 9.94. The molecule has 3 N–H and O–H groups in total. The molecule has 1 aliphatic carbocycles. The van der Waals surface area contributed by atoms with Crippen molar-refractivity contribution in [3.05, 3.63) is 71.8 Å². The summed E-state index contributed by atoms with van der Waals surface area (Å²) in [7, 11) is 0. The summed E-state index contributed by atoms with van der Waals surface area (Å²) in [6, 6.07) is 19.6. The van der Waals surface area contributed by atoms with Gasteiger partial charge in [-0.05, 0) is 78.4 Å². The zero-order valence-corrected chi connectivity index (χ0v) is 16.2. The average molecular weight is 390 g/mol. The van der Waals surface area contributed by atoms with Gasteiger partial charge in [-0.15, -0.1) is 0 Å². The second-order valence-electron chi connectivity index (χ2n) is 7.76. The maximum absolute atomic E-state index is 13.2. The number of hydrogen-bond donors (Lipinski definition) is 2. The van der Waals surface area contributed by atoms with Gasteiger partial charge in [0.05, 0.1) is 5.41 Å². The van der Waals surface area contributed by atoms with Gasteiger partial charge in [-0.3, -0.25) is 4.79 Å². The number of amides is 1. The van der Waals surface area contributed by atoms with E-state index in [9.17, 15) is 4.79 Å². The molecule has 0 saturated heterocycles. The Labute approximate surface area is 172 Å². The molecule has 5 rings (SSSR count). The molecule has 1 aliphatic heterocycles. The number of nitrogens with one attached hydrogen (secondary N) is 1. The van der Waals surface area contributed by atoms with Gasteiger partial charge in [0.15, 0.2) is 11.5 Å². The van der Waals surface area contributed by atoms with Gasteiger partial charge < -0.3 is 20.5 Å². The molecule has 5 heteroatoms. The summed E-state index contributed by atoms with van der Waals surface area (Å²) < 4.78 is 10.9. The smallest absolute Gasteiger partial charge is 0.235 e. The summed E-state index contributed by atoms with van der Waals surface area (Å²) >= 11 is 0. The van der Waals surface area contributed by atoms with Gasteiger partial charge in [-0.25, -0.2) is 0 Å². The van der Waals surface area contributed by atoms with Crippen LogP contribution >= 0.6 is 0 Å². The molecule has 150 valence electrons. The molecule has 0 bridgehead atoms. The van der Waals surface area contributed by atoms with E-state index in [1.54, 1.807) is 0 Å². The van der Waals surface area contributed by atoms with Crippen molar-refractivity contribution < 1.29 is 17.1 Å². The minimum absolute atomic E-state index is 0. The molecule has 1 saturated carbocycles. The summed E-state index contributed by atoms with van der Waals surface area (Å²) in [6.45, 7) is 2.29. The molecule has 0 atom stereocenters. The highest BCUT2D eigenvalue weighted by molar-refractivity contribution is 6.02. The summed E-state index contributed by atoms with van der Waals surface area (Å²) in [5, 5.41) is 3.12. The lowest BCUT2D eigenvalue weighted by molar-refractivity contribution is -0.118. The first kappa shape index (κ1) is 17.6. The van der Waals surface area contributed by atoms with E-state index in [1.165, 1.54) is 0 Å². The second kappa shape index (κ2) is 6.55. The van der Waals surface area contributed by atoms with Gasteiger partial charge in [0.1, 0.15) is 0 Å². The molecular formula is C24H26N2O3. The highest BCUT2D eigenvalue weighted by Crippen LogP contribution is 2.51. The van der Waals surface area contributed by atoms with Gasteiger partial charge in [-0.2, -0.15) is 0 Å². The lowest BCUT2D eigenvalue weighted by Crippen LogP contribution is -2.27. The van der Waals surface area contributed by atoms with Gasteiger partial charge in [0, 0.05) is 14.2 Å². The predicted octanol–water partition coefficient (Wildman–Crippen LogP) is 5.14.